The highest BCUT2D eigenvalue weighted by molar-refractivity contribution is 9.10. The van der Waals surface area contributed by atoms with Gasteiger partial charge in [-0.05, 0) is 35.8 Å². The number of aromatic nitrogens is 1. The smallest absolute Gasteiger partial charge is 0.258 e. The summed E-state index contributed by atoms with van der Waals surface area (Å²) in [5.74, 6) is 5.62. The molecule has 3 N–H and O–H groups in total. The van der Waals surface area contributed by atoms with Gasteiger partial charge >= 0.3 is 0 Å². The van der Waals surface area contributed by atoms with Crippen LogP contribution in [0.5, 0.6) is 0 Å². The summed E-state index contributed by atoms with van der Waals surface area (Å²) in [5.41, 5.74) is 2.88. The fraction of sp³-hybridized carbons (Fsp3) is 0.500. The maximum atomic E-state index is 12.5. The average molecular weight is 331 g/mol. The summed E-state index contributed by atoms with van der Waals surface area (Å²) in [7, 11) is 1.61. The molecule has 6 nitrogen and oxygen atoms in total. The largest absolute Gasteiger partial charge is 0.383 e. The van der Waals surface area contributed by atoms with E-state index in [1.165, 1.54) is 0 Å². The minimum Gasteiger partial charge on any atom is -0.383 e. The van der Waals surface area contributed by atoms with Gasteiger partial charge in [0.2, 0.25) is 0 Å². The van der Waals surface area contributed by atoms with Gasteiger partial charge in [0.05, 0.1) is 12.2 Å². The molecular weight excluding hydrogens is 312 g/mol. The summed E-state index contributed by atoms with van der Waals surface area (Å²) < 4.78 is 5.76. The second-order valence-corrected chi connectivity index (χ2v) is 5.19. The number of nitrogens with zero attached hydrogens (tertiary/aromatic N) is 2. The van der Waals surface area contributed by atoms with Crippen LogP contribution in [0, 0.1) is 0 Å². The SMILES string of the molecule is COCCN(C(=O)c1cc(Br)cnc1NN)C(C)C. The lowest BCUT2D eigenvalue weighted by molar-refractivity contribution is 0.0635. The molecule has 1 aromatic heterocycles. The van der Waals surface area contributed by atoms with E-state index in [9.17, 15) is 4.79 Å². The maximum absolute atomic E-state index is 12.5. The molecule has 0 saturated heterocycles. The Morgan fingerprint density at radius 1 is 1.63 bits per heavy atom. The molecular formula is C12H19BrN4O2. The average Bonchev–Trinajstić information content (AvgIpc) is 2.38. The van der Waals surface area contributed by atoms with Crippen LogP contribution >= 0.6 is 15.9 Å². The first-order valence-corrected chi connectivity index (χ1v) is 6.72. The van der Waals surface area contributed by atoms with E-state index in [-0.39, 0.29) is 11.9 Å². The Labute approximate surface area is 121 Å². The molecule has 1 rings (SSSR count). The van der Waals surface area contributed by atoms with Crippen molar-refractivity contribution < 1.29 is 9.53 Å². The molecule has 1 heterocycles. The fourth-order valence-corrected chi connectivity index (χ4v) is 1.99. The zero-order chi connectivity index (χ0) is 14.4. The first kappa shape index (κ1) is 15.9. The van der Waals surface area contributed by atoms with Crippen LogP contribution in [0.4, 0.5) is 5.82 Å². The fourth-order valence-electron chi connectivity index (χ4n) is 1.66. The molecule has 106 valence electrons. The second-order valence-electron chi connectivity index (χ2n) is 4.28. The van der Waals surface area contributed by atoms with E-state index >= 15 is 0 Å². The van der Waals surface area contributed by atoms with Crippen LogP contribution in [0.25, 0.3) is 0 Å². The predicted molar refractivity (Wildman–Crippen MR) is 77.8 cm³/mol. The van der Waals surface area contributed by atoms with Crippen molar-refractivity contribution >= 4 is 27.7 Å². The Kier molecular flexibility index (Phi) is 6.20. The first-order valence-electron chi connectivity index (χ1n) is 5.93. The Hall–Kier alpha value is -1.18. The summed E-state index contributed by atoms with van der Waals surface area (Å²) in [6, 6.07) is 1.76. The minimum absolute atomic E-state index is 0.0623. The summed E-state index contributed by atoms with van der Waals surface area (Å²) >= 11 is 3.31. The van der Waals surface area contributed by atoms with Crippen molar-refractivity contribution in [2.24, 2.45) is 5.84 Å². The van der Waals surface area contributed by atoms with Crippen LogP contribution in [0.15, 0.2) is 16.7 Å². The van der Waals surface area contributed by atoms with Crippen LogP contribution in [-0.4, -0.2) is 42.1 Å². The lowest BCUT2D eigenvalue weighted by atomic mass is 10.2. The number of nitrogen functional groups attached to an aromatic ring is 1. The zero-order valence-electron chi connectivity index (χ0n) is 11.3. The number of carbonyl (C=O) groups excluding carboxylic acids is 1. The van der Waals surface area contributed by atoms with Gasteiger partial charge in [-0.1, -0.05) is 0 Å². The molecule has 0 saturated carbocycles. The molecule has 0 aliphatic heterocycles. The number of nitrogens with two attached hydrogens (primary N) is 1. The third-order valence-electron chi connectivity index (χ3n) is 2.64. The molecule has 0 fully saturated rings. The van der Waals surface area contributed by atoms with Crippen molar-refractivity contribution in [2.45, 2.75) is 19.9 Å². The number of halogens is 1. The van der Waals surface area contributed by atoms with Gasteiger partial charge in [0.15, 0.2) is 5.82 Å². The Bertz CT molecular complexity index is 440. The molecule has 1 amide bonds. The second kappa shape index (κ2) is 7.42. The molecule has 0 spiro atoms. The lowest BCUT2D eigenvalue weighted by Crippen LogP contribution is -2.39. The van der Waals surface area contributed by atoms with Crippen molar-refractivity contribution in [2.75, 3.05) is 25.7 Å². The number of rotatable bonds is 6. The van der Waals surface area contributed by atoms with E-state index in [4.69, 9.17) is 10.6 Å². The van der Waals surface area contributed by atoms with E-state index in [0.29, 0.717) is 24.5 Å². The number of ether oxygens (including phenoxy) is 1. The zero-order valence-corrected chi connectivity index (χ0v) is 12.9. The highest BCUT2D eigenvalue weighted by atomic mass is 79.9. The molecule has 0 aromatic carbocycles. The van der Waals surface area contributed by atoms with Crippen molar-refractivity contribution in [3.63, 3.8) is 0 Å². The number of anilines is 1. The highest BCUT2D eigenvalue weighted by Gasteiger charge is 2.22. The highest BCUT2D eigenvalue weighted by Crippen LogP contribution is 2.20. The van der Waals surface area contributed by atoms with E-state index in [1.54, 1.807) is 24.3 Å². The van der Waals surface area contributed by atoms with Gasteiger partial charge in [0.25, 0.3) is 5.91 Å². The molecule has 7 heteroatoms. The van der Waals surface area contributed by atoms with E-state index in [1.807, 2.05) is 13.8 Å². The van der Waals surface area contributed by atoms with Crippen LogP contribution in [0.1, 0.15) is 24.2 Å². The van der Waals surface area contributed by atoms with Crippen molar-refractivity contribution in [3.05, 3.63) is 22.3 Å². The topological polar surface area (TPSA) is 80.5 Å². The van der Waals surface area contributed by atoms with Crippen LogP contribution in [-0.2, 0) is 4.74 Å². The van der Waals surface area contributed by atoms with Gasteiger partial charge in [0, 0.05) is 30.4 Å². The number of pyridine rings is 1. The summed E-state index contributed by atoms with van der Waals surface area (Å²) in [4.78, 5) is 18.3. The molecule has 19 heavy (non-hydrogen) atoms. The molecule has 0 unspecified atom stereocenters. The van der Waals surface area contributed by atoms with Gasteiger partial charge in [0.1, 0.15) is 0 Å². The maximum Gasteiger partial charge on any atom is 0.258 e. The molecule has 0 aliphatic carbocycles. The summed E-state index contributed by atoms with van der Waals surface area (Å²) in [6.07, 6.45) is 1.58. The molecule has 0 bridgehead atoms. The molecule has 0 atom stereocenters. The van der Waals surface area contributed by atoms with Gasteiger partial charge in [-0.15, -0.1) is 0 Å². The monoisotopic (exact) mass is 330 g/mol. The Morgan fingerprint density at radius 3 is 2.84 bits per heavy atom. The Morgan fingerprint density at radius 2 is 2.32 bits per heavy atom. The van der Waals surface area contributed by atoms with E-state index in [0.717, 1.165) is 4.47 Å². The minimum atomic E-state index is -0.131. The summed E-state index contributed by atoms with van der Waals surface area (Å²) in [6.45, 7) is 4.91. The summed E-state index contributed by atoms with van der Waals surface area (Å²) in [5, 5.41) is 0. The third-order valence-corrected chi connectivity index (χ3v) is 3.08. The number of methoxy groups -OCH3 is 1. The number of nitrogens with one attached hydrogen (secondary N) is 1. The number of hydrazine groups is 1. The standard InChI is InChI=1S/C12H19BrN4O2/c1-8(2)17(4-5-19-3)12(18)10-6-9(13)7-15-11(10)16-14/h6-8H,4-5,14H2,1-3H3,(H,15,16). The molecule has 0 radical (unpaired) electrons. The lowest BCUT2D eigenvalue weighted by Gasteiger charge is -2.27. The van der Waals surface area contributed by atoms with E-state index in [2.05, 4.69) is 26.3 Å². The molecule has 1 aromatic rings. The normalized spacial score (nSPS) is 10.6. The van der Waals surface area contributed by atoms with Crippen LogP contribution < -0.4 is 11.3 Å². The van der Waals surface area contributed by atoms with Crippen LogP contribution in [0.3, 0.4) is 0 Å². The quantitative estimate of drug-likeness (QED) is 0.612. The number of hydrogen-bond donors (Lipinski definition) is 2. The predicted octanol–water partition coefficient (Wildman–Crippen LogP) is 1.63. The number of amides is 1. The van der Waals surface area contributed by atoms with Crippen molar-refractivity contribution in [1.29, 1.82) is 0 Å². The number of carbonyl (C=O) groups is 1. The molecule has 0 aliphatic rings. The van der Waals surface area contributed by atoms with Gasteiger partial charge < -0.3 is 15.1 Å². The van der Waals surface area contributed by atoms with Crippen LogP contribution in [0.2, 0.25) is 0 Å². The van der Waals surface area contributed by atoms with Gasteiger partial charge in [-0.25, -0.2) is 10.8 Å². The van der Waals surface area contributed by atoms with Crippen molar-refractivity contribution in [1.82, 2.24) is 9.88 Å². The Balaban J connectivity index is 3.04. The van der Waals surface area contributed by atoms with Gasteiger partial charge in [-0.3, -0.25) is 4.79 Å². The van der Waals surface area contributed by atoms with Crippen molar-refractivity contribution in [3.8, 4) is 0 Å². The van der Waals surface area contributed by atoms with E-state index < -0.39 is 0 Å². The van der Waals surface area contributed by atoms with Gasteiger partial charge in [-0.2, -0.15) is 0 Å². The first-order chi connectivity index (χ1) is 9.01. The number of hydrogen-bond acceptors (Lipinski definition) is 5. The third kappa shape index (κ3) is 4.15.